The first kappa shape index (κ1) is 46.6. The van der Waals surface area contributed by atoms with Crippen molar-refractivity contribution in [1.82, 2.24) is 29.8 Å². The van der Waals surface area contributed by atoms with E-state index >= 15 is 0 Å². The number of halogens is 4. The molecule has 2 aromatic carbocycles. The summed E-state index contributed by atoms with van der Waals surface area (Å²) in [5, 5.41) is 19.0. The van der Waals surface area contributed by atoms with Gasteiger partial charge in [0.25, 0.3) is 23.6 Å². The predicted octanol–water partition coefficient (Wildman–Crippen LogP) is 4.39. The van der Waals surface area contributed by atoms with Crippen LogP contribution in [-0.2, 0) is 13.1 Å². The Hall–Kier alpha value is -7.38. The molecular weight excluding hydrogens is 869 g/mol. The maximum atomic E-state index is 14.0. The average Bonchev–Trinajstić information content (AvgIpc) is 3.50. The van der Waals surface area contributed by atoms with Gasteiger partial charge in [0, 0.05) is 60.8 Å². The van der Waals surface area contributed by atoms with Crippen LogP contribution in [0.2, 0.25) is 0 Å². The molecule has 66 heavy (non-hydrogen) atoms. The molecule has 4 aliphatic heterocycles. The fraction of sp³-hybridized carbons (Fsp3) is 0.348. The second-order valence-electron chi connectivity index (χ2n) is 16.3. The summed E-state index contributed by atoms with van der Waals surface area (Å²) in [4.78, 5) is 81.2. The first-order valence-corrected chi connectivity index (χ1v) is 21.3. The standard InChI is InChI=1S/C25H28F2N4O4.C21H20F2N4O4/c1-4-5-10-35-23-21-25(34)29-14-31(16(3)7-6-15(29)2)30(21)13-19(22(23)32)24(33)28-12-17-8-9-18(26)11-20(17)27;1-11-3-4-12(2)27-10-25(11)21(31)17-19(29)18(28)15(9-26(17)27)20(30)24-8-13-5-6-14(22)7-16(13)23/h6-9,11,13,15-16H,4-5,10,12,14H2,1-3H3,(H,28,33);3-7,9,11-12,29H,8,10H2,1-2H3,(H,24,30)/t15-,16+;11-,12+/m00/s1. The van der Waals surface area contributed by atoms with Crippen LogP contribution in [0.4, 0.5) is 17.6 Å². The van der Waals surface area contributed by atoms with Crippen molar-refractivity contribution in [3.63, 3.8) is 0 Å². The molecule has 4 bridgehead atoms. The van der Waals surface area contributed by atoms with E-state index < -0.39 is 63.2 Å². The molecule has 0 radical (unpaired) electrons. The minimum atomic E-state index is -1.01. The number of benzene rings is 2. The van der Waals surface area contributed by atoms with Gasteiger partial charge < -0.3 is 30.3 Å². The molecular formula is C46H48F4N8O8. The fourth-order valence-corrected chi connectivity index (χ4v) is 7.79. The number of amides is 4. The molecule has 0 spiro atoms. The van der Waals surface area contributed by atoms with Crippen molar-refractivity contribution in [2.24, 2.45) is 0 Å². The highest BCUT2D eigenvalue weighted by Crippen LogP contribution is 2.29. The molecule has 0 aliphatic carbocycles. The second kappa shape index (κ2) is 19.0. The number of carbonyl (C=O) groups excluding carboxylic acids is 4. The smallest absolute Gasteiger partial charge is 0.278 e. The van der Waals surface area contributed by atoms with Gasteiger partial charge in [-0.1, -0.05) is 49.8 Å². The molecule has 2 aromatic heterocycles. The van der Waals surface area contributed by atoms with E-state index in [0.717, 1.165) is 24.6 Å². The van der Waals surface area contributed by atoms with Gasteiger partial charge in [0.05, 0.1) is 18.7 Å². The second-order valence-corrected chi connectivity index (χ2v) is 16.3. The lowest BCUT2D eigenvalue weighted by Crippen LogP contribution is -2.57. The Morgan fingerprint density at radius 2 is 1.11 bits per heavy atom. The van der Waals surface area contributed by atoms with Gasteiger partial charge in [-0.05, 0) is 46.2 Å². The average molecular weight is 917 g/mol. The van der Waals surface area contributed by atoms with Gasteiger partial charge in [-0.25, -0.2) is 17.6 Å². The molecule has 20 heteroatoms. The number of rotatable bonds is 10. The summed E-state index contributed by atoms with van der Waals surface area (Å²) in [5.74, 6) is -6.64. The first-order chi connectivity index (χ1) is 31.4. The normalized spacial score (nSPS) is 19.3. The molecule has 0 fully saturated rings. The summed E-state index contributed by atoms with van der Waals surface area (Å²) in [7, 11) is 0. The van der Waals surface area contributed by atoms with Crippen molar-refractivity contribution in [3.05, 3.63) is 150 Å². The molecule has 6 heterocycles. The SMILES string of the molecule is CCCCOc1c2n(cc(C(=O)NCc3ccc(F)cc3F)c1=O)N1CN(C2=O)[C@@H](C)C=C[C@H]1C.C[C@@H]1C=C[C@H](C)N2CN1n1cc(C(=O)NCc3ccc(F)cc3F)c(=O)c(O)c1C2=O. The summed E-state index contributed by atoms with van der Waals surface area (Å²) in [6.07, 6.45) is 11.6. The molecule has 0 unspecified atom stereocenters. The van der Waals surface area contributed by atoms with E-state index in [9.17, 15) is 51.4 Å². The number of ether oxygens (including phenoxy) is 1. The van der Waals surface area contributed by atoms with Crippen molar-refractivity contribution in [2.75, 3.05) is 30.0 Å². The minimum absolute atomic E-state index is 0.0307. The molecule has 3 N–H and O–H groups in total. The largest absolute Gasteiger partial charge is 0.502 e. The van der Waals surface area contributed by atoms with E-state index in [1.165, 1.54) is 38.8 Å². The molecule has 4 aliphatic rings. The summed E-state index contributed by atoms with van der Waals surface area (Å²) in [5.41, 5.74) is -2.42. The van der Waals surface area contributed by atoms with Gasteiger partial charge in [0.1, 0.15) is 47.7 Å². The molecule has 4 amide bonds. The summed E-state index contributed by atoms with van der Waals surface area (Å²) >= 11 is 0. The first-order valence-electron chi connectivity index (χ1n) is 21.3. The maximum Gasteiger partial charge on any atom is 0.278 e. The molecule has 8 rings (SSSR count). The molecule has 4 atom stereocenters. The summed E-state index contributed by atoms with van der Waals surface area (Å²) in [6, 6.07) is 5.21. The van der Waals surface area contributed by atoms with Crippen LogP contribution in [0.25, 0.3) is 0 Å². The Morgan fingerprint density at radius 3 is 1.58 bits per heavy atom. The Balaban J connectivity index is 0.000000198. The summed E-state index contributed by atoms with van der Waals surface area (Å²) in [6.45, 7) is 9.64. The summed E-state index contributed by atoms with van der Waals surface area (Å²) < 4.78 is 62.7. The quantitative estimate of drug-likeness (QED) is 0.117. The minimum Gasteiger partial charge on any atom is -0.502 e. The number of unbranched alkanes of at least 4 members (excludes halogenated alkanes) is 1. The van der Waals surface area contributed by atoms with E-state index in [1.807, 2.05) is 63.9 Å². The molecule has 4 aromatic rings. The number of nitrogens with zero attached hydrogens (tertiary/aromatic N) is 6. The molecule has 0 saturated carbocycles. The molecule has 348 valence electrons. The van der Waals surface area contributed by atoms with Gasteiger partial charge in [0.15, 0.2) is 22.9 Å². The van der Waals surface area contributed by atoms with Crippen LogP contribution in [0.5, 0.6) is 11.5 Å². The van der Waals surface area contributed by atoms with E-state index in [-0.39, 0.29) is 96.9 Å². The van der Waals surface area contributed by atoms with Crippen molar-refractivity contribution in [1.29, 1.82) is 0 Å². The Kier molecular flexibility index (Phi) is 13.4. The van der Waals surface area contributed by atoms with Gasteiger partial charge in [-0.15, -0.1) is 0 Å². The zero-order valence-electron chi connectivity index (χ0n) is 36.7. The Bertz CT molecular complexity index is 2790. The van der Waals surface area contributed by atoms with Crippen molar-refractivity contribution < 1.29 is 46.6 Å². The number of nitrogens with one attached hydrogen (secondary N) is 2. The maximum absolute atomic E-state index is 14.0. The zero-order valence-corrected chi connectivity index (χ0v) is 36.7. The number of fused-ring (bicyclic) bond motifs is 8. The Morgan fingerprint density at radius 1 is 0.667 bits per heavy atom. The lowest BCUT2D eigenvalue weighted by Gasteiger charge is -2.42. The van der Waals surface area contributed by atoms with Gasteiger partial charge in [-0.3, -0.25) is 48.1 Å². The van der Waals surface area contributed by atoms with Crippen molar-refractivity contribution in [2.45, 2.75) is 84.7 Å². The highest BCUT2D eigenvalue weighted by atomic mass is 19.1. The lowest BCUT2D eigenvalue weighted by atomic mass is 10.1. The monoisotopic (exact) mass is 916 g/mol. The number of hydrogen-bond acceptors (Lipinski definition) is 10. The number of aromatic hydroxyl groups is 1. The van der Waals surface area contributed by atoms with Crippen LogP contribution in [-0.4, -0.2) is 92.0 Å². The van der Waals surface area contributed by atoms with E-state index in [4.69, 9.17) is 4.74 Å². The number of hydrogen-bond donors (Lipinski definition) is 3. The zero-order chi connectivity index (χ0) is 47.7. The Labute approximate surface area is 375 Å². The van der Waals surface area contributed by atoms with Crippen LogP contribution in [0.3, 0.4) is 0 Å². The topological polar surface area (TPSA) is 179 Å². The fourth-order valence-electron chi connectivity index (χ4n) is 7.79. The van der Waals surface area contributed by atoms with Gasteiger partial charge >= 0.3 is 0 Å². The lowest BCUT2D eigenvalue weighted by molar-refractivity contribution is 0.0644. The highest BCUT2D eigenvalue weighted by Gasteiger charge is 2.40. The third kappa shape index (κ3) is 8.99. The van der Waals surface area contributed by atoms with E-state index in [2.05, 4.69) is 10.6 Å². The number of carbonyl (C=O) groups is 4. The predicted molar refractivity (Wildman–Crippen MR) is 233 cm³/mol. The molecule has 0 saturated heterocycles. The highest BCUT2D eigenvalue weighted by molar-refractivity contribution is 6.00. The number of aromatic nitrogens is 2. The van der Waals surface area contributed by atoms with Crippen LogP contribution in [0.1, 0.15) is 100 Å². The van der Waals surface area contributed by atoms with Gasteiger partial charge in [-0.2, -0.15) is 0 Å². The van der Waals surface area contributed by atoms with E-state index in [1.54, 1.807) is 9.91 Å². The van der Waals surface area contributed by atoms with Crippen LogP contribution in [0, 0.1) is 23.3 Å². The van der Waals surface area contributed by atoms with Crippen LogP contribution >= 0.6 is 0 Å². The number of pyridine rings is 2. The third-order valence-corrected chi connectivity index (χ3v) is 11.8. The van der Waals surface area contributed by atoms with Crippen LogP contribution in [0.15, 0.2) is 82.7 Å². The third-order valence-electron chi connectivity index (χ3n) is 11.8. The van der Waals surface area contributed by atoms with E-state index in [0.29, 0.717) is 12.5 Å². The van der Waals surface area contributed by atoms with Crippen LogP contribution < -0.4 is 36.2 Å². The van der Waals surface area contributed by atoms with Gasteiger partial charge in [0.2, 0.25) is 10.9 Å². The van der Waals surface area contributed by atoms with Crippen molar-refractivity contribution in [3.8, 4) is 11.5 Å². The van der Waals surface area contributed by atoms with Crippen molar-refractivity contribution >= 4 is 23.6 Å². The molecule has 16 nitrogen and oxygen atoms in total.